The van der Waals surface area contributed by atoms with Gasteiger partial charge in [0, 0.05) is 24.4 Å². The van der Waals surface area contributed by atoms with E-state index < -0.39 is 24.2 Å². The summed E-state index contributed by atoms with van der Waals surface area (Å²) in [5.74, 6) is 0.0910. The molecule has 1 N–H and O–H groups in total. The van der Waals surface area contributed by atoms with Crippen molar-refractivity contribution < 1.29 is 23.5 Å². The molecule has 10 heteroatoms. The maximum atomic E-state index is 13.7. The number of anilines is 1. The molecule has 36 heavy (non-hydrogen) atoms. The lowest BCUT2D eigenvalue weighted by Gasteiger charge is -2.29. The average Bonchev–Trinajstić information content (AvgIpc) is 3.51. The van der Waals surface area contributed by atoms with Gasteiger partial charge in [-0.25, -0.2) is 9.78 Å². The van der Waals surface area contributed by atoms with Gasteiger partial charge in [0.1, 0.15) is 18.2 Å². The molecule has 10 nitrogen and oxygen atoms in total. The molecule has 0 aliphatic carbocycles. The van der Waals surface area contributed by atoms with E-state index in [9.17, 15) is 9.59 Å². The summed E-state index contributed by atoms with van der Waals surface area (Å²) >= 11 is 0. The summed E-state index contributed by atoms with van der Waals surface area (Å²) in [6.45, 7) is 4.05. The van der Waals surface area contributed by atoms with E-state index in [-0.39, 0.29) is 24.4 Å². The van der Waals surface area contributed by atoms with Crippen molar-refractivity contribution in [3.63, 3.8) is 0 Å². The minimum Gasteiger partial charge on any atom is -0.472 e. The number of nitrogens with zero attached hydrogens (tertiary/aromatic N) is 4. The zero-order chi connectivity index (χ0) is 25.2. The second kappa shape index (κ2) is 9.96. The van der Waals surface area contributed by atoms with Crippen LogP contribution in [0.4, 0.5) is 6.01 Å². The lowest BCUT2D eigenvalue weighted by molar-refractivity contribution is -0.151. The zero-order valence-corrected chi connectivity index (χ0v) is 20.5. The third-order valence-electron chi connectivity index (χ3n) is 6.56. The highest BCUT2D eigenvalue weighted by molar-refractivity contribution is 5.90. The number of hydrogen-bond acceptors (Lipinski definition) is 9. The summed E-state index contributed by atoms with van der Waals surface area (Å²) in [5, 5.41) is 13.1. The first kappa shape index (κ1) is 23.8. The monoisotopic (exact) mass is 491 g/mol. The van der Waals surface area contributed by atoms with Crippen LogP contribution < -0.4 is 10.1 Å². The van der Waals surface area contributed by atoms with E-state index in [0.717, 1.165) is 16.3 Å². The van der Waals surface area contributed by atoms with Crippen molar-refractivity contribution in [1.82, 2.24) is 20.1 Å². The highest BCUT2D eigenvalue weighted by Crippen LogP contribution is 2.30. The van der Waals surface area contributed by atoms with Crippen LogP contribution in [0.2, 0.25) is 0 Å². The molecule has 1 saturated heterocycles. The van der Waals surface area contributed by atoms with E-state index >= 15 is 0 Å². The van der Waals surface area contributed by atoms with Crippen LogP contribution in [-0.4, -0.2) is 63.8 Å². The number of hydrogen-bond donors (Lipinski definition) is 1. The molecule has 3 aromatic rings. The molecule has 6 bridgehead atoms. The first-order chi connectivity index (χ1) is 17.4. The van der Waals surface area contributed by atoms with Gasteiger partial charge in [0.2, 0.25) is 17.7 Å². The number of aromatic nitrogens is 3. The number of allylic oxidation sites excluding steroid dienone is 1. The fourth-order valence-corrected chi connectivity index (χ4v) is 4.66. The average molecular weight is 492 g/mol. The Labute approximate surface area is 208 Å². The number of benzene rings is 1. The topological polar surface area (TPSA) is 120 Å². The van der Waals surface area contributed by atoms with Crippen molar-refractivity contribution in [3.8, 4) is 5.88 Å². The van der Waals surface area contributed by atoms with Gasteiger partial charge in [0.05, 0.1) is 13.7 Å². The Morgan fingerprint density at radius 3 is 2.92 bits per heavy atom. The van der Waals surface area contributed by atoms with E-state index in [1.165, 1.54) is 12.0 Å². The van der Waals surface area contributed by atoms with E-state index in [1.807, 2.05) is 44.2 Å². The van der Waals surface area contributed by atoms with Crippen molar-refractivity contribution in [2.24, 2.45) is 5.92 Å². The third kappa shape index (κ3) is 4.75. The molecule has 0 unspecified atom stereocenters. The van der Waals surface area contributed by atoms with Gasteiger partial charge in [-0.2, -0.15) is 0 Å². The van der Waals surface area contributed by atoms with Crippen LogP contribution in [0, 0.1) is 5.92 Å². The predicted octanol–water partition coefficient (Wildman–Crippen LogP) is 3.24. The summed E-state index contributed by atoms with van der Waals surface area (Å²) in [6, 6.07) is 6.72. The van der Waals surface area contributed by atoms with Crippen molar-refractivity contribution in [1.29, 1.82) is 0 Å². The lowest BCUT2D eigenvalue weighted by Crippen LogP contribution is -2.50. The van der Waals surface area contributed by atoms with Crippen LogP contribution >= 0.6 is 0 Å². The minimum absolute atomic E-state index is 0.113. The van der Waals surface area contributed by atoms with Crippen molar-refractivity contribution in [2.75, 3.05) is 19.0 Å². The maximum absolute atomic E-state index is 13.7. The van der Waals surface area contributed by atoms with Gasteiger partial charge in [-0.3, -0.25) is 4.79 Å². The molecular weight excluding hydrogens is 462 g/mol. The van der Waals surface area contributed by atoms with Gasteiger partial charge in [0.15, 0.2) is 0 Å². The molecule has 0 saturated carbocycles. The molecule has 4 heterocycles. The van der Waals surface area contributed by atoms with E-state index in [2.05, 4.69) is 26.6 Å². The molecule has 1 amide bonds. The van der Waals surface area contributed by atoms with E-state index in [0.29, 0.717) is 31.0 Å². The van der Waals surface area contributed by atoms with Gasteiger partial charge in [0.25, 0.3) is 0 Å². The molecule has 1 fully saturated rings. The number of amides is 1. The highest BCUT2D eigenvalue weighted by Gasteiger charge is 2.44. The molecule has 3 atom stereocenters. The van der Waals surface area contributed by atoms with Crippen LogP contribution in [0.3, 0.4) is 0 Å². The number of nitrogens with one attached hydrogen (secondary N) is 1. The number of carbonyl (C=O) groups excluding carboxylic acids is 2. The van der Waals surface area contributed by atoms with Gasteiger partial charge in [-0.15, -0.1) is 5.10 Å². The third-order valence-corrected chi connectivity index (χ3v) is 6.56. The zero-order valence-electron chi connectivity index (χ0n) is 20.5. The van der Waals surface area contributed by atoms with Crippen LogP contribution in [0.5, 0.6) is 5.88 Å². The number of ether oxygens (including phenoxy) is 2. The number of aryl methyl sites for hydroxylation is 1. The second-order valence-corrected chi connectivity index (χ2v) is 9.41. The predicted molar refractivity (Wildman–Crippen MR) is 132 cm³/mol. The Morgan fingerprint density at radius 1 is 1.25 bits per heavy atom. The lowest BCUT2D eigenvalue weighted by atomic mass is 10.0. The summed E-state index contributed by atoms with van der Waals surface area (Å²) in [4.78, 5) is 32.4. The molecular formula is C26H29N5O5. The van der Waals surface area contributed by atoms with E-state index in [1.54, 1.807) is 6.20 Å². The first-order valence-electron chi connectivity index (χ1n) is 12.1. The Bertz CT molecular complexity index is 1300. The maximum Gasteiger partial charge on any atom is 0.328 e. The quantitative estimate of drug-likeness (QED) is 0.539. The van der Waals surface area contributed by atoms with Gasteiger partial charge >= 0.3 is 12.0 Å². The molecule has 188 valence electrons. The van der Waals surface area contributed by atoms with Crippen LogP contribution in [0.25, 0.3) is 16.8 Å². The molecule has 0 radical (unpaired) electrons. The number of esters is 1. The smallest absolute Gasteiger partial charge is 0.328 e. The number of carbonyl (C=O) groups is 2. The molecule has 2 aliphatic heterocycles. The Balaban J connectivity index is 1.55. The normalized spacial score (nSPS) is 23.2. The summed E-state index contributed by atoms with van der Waals surface area (Å²) in [5.41, 5.74) is 1.00. The molecule has 2 aliphatic rings. The summed E-state index contributed by atoms with van der Waals surface area (Å²) < 4.78 is 17.1. The molecule has 5 rings (SSSR count). The number of rotatable bonds is 2. The standard InChI is InChI=1S/C26H29N5O5/c1-15(2)22-24(32)31-14-18(13-20(31)25(33)34-3)35-23-19-12-16(8-9-17(19)10-11-27-23)6-4-5-7-21-29-30-26(28-22)36-21/h4,6,8-12,15,18,20,22H,5,7,13-14H2,1-3H3,(H,28,30)/b6-4+/t18-,20+,22+/m1/s1. The van der Waals surface area contributed by atoms with Crippen molar-refractivity contribution >= 4 is 34.7 Å². The van der Waals surface area contributed by atoms with Gasteiger partial charge in [-0.05, 0) is 35.4 Å². The number of fused-ring (bicyclic) bond motifs is 5. The van der Waals surface area contributed by atoms with Crippen LogP contribution in [0.15, 0.2) is 41.0 Å². The van der Waals surface area contributed by atoms with Gasteiger partial charge in [-0.1, -0.05) is 43.2 Å². The summed E-state index contributed by atoms with van der Waals surface area (Å²) in [6.07, 6.45) is 6.92. The van der Waals surface area contributed by atoms with E-state index in [4.69, 9.17) is 13.9 Å². The molecule has 0 spiro atoms. The van der Waals surface area contributed by atoms with Crippen molar-refractivity contribution in [2.45, 2.75) is 51.3 Å². The largest absolute Gasteiger partial charge is 0.472 e. The Kier molecular flexibility index (Phi) is 6.58. The Hall–Kier alpha value is -3.95. The number of pyridine rings is 1. The highest BCUT2D eigenvalue weighted by atomic mass is 16.5. The van der Waals surface area contributed by atoms with Crippen LogP contribution in [0.1, 0.15) is 38.1 Å². The molecule has 2 aromatic heterocycles. The van der Waals surface area contributed by atoms with Gasteiger partial charge < -0.3 is 24.1 Å². The van der Waals surface area contributed by atoms with Crippen molar-refractivity contribution in [3.05, 3.63) is 48.0 Å². The molecule has 1 aromatic carbocycles. The fraction of sp³-hybridized carbons (Fsp3) is 0.423. The summed E-state index contributed by atoms with van der Waals surface area (Å²) in [7, 11) is 1.32. The fourth-order valence-electron chi connectivity index (χ4n) is 4.66. The minimum atomic E-state index is -0.774. The Morgan fingerprint density at radius 2 is 2.11 bits per heavy atom. The van der Waals surface area contributed by atoms with Crippen LogP contribution in [-0.2, 0) is 20.7 Å². The SMILES string of the molecule is COC(=O)[C@@H]1C[C@@H]2CN1C(=O)[C@H](C(C)C)Nc1nnc(o1)CC/C=C/c1ccc3ccnc(c3c1)O2. The second-order valence-electron chi connectivity index (χ2n) is 9.41. The number of methoxy groups -OCH3 is 1. The first-order valence-corrected chi connectivity index (χ1v) is 12.1.